The van der Waals surface area contributed by atoms with E-state index in [9.17, 15) is 0 Å². The molecule has 4 heteroatoms. The van der Waals surface area contributed by atoms with Crippen molar-refractivity contribution in [2.45, 2.75) is 0 Å². The summed E-state index contributed by atoms with van der Waals surface area (Å²) in [5.74, 6) is 2.05. The van der Waals surface area contributed by atoms with E-state index in [0.717, 1.165) is 16.7 Å². The third kappa shape index (κ3) is 3.85. The maximum absolute atomic E-state index is 4.68. The molecule has 0 spiro atoms. The predicted octanol–water partition coefficient (Wildman–Crippen LogP) is 4.87. The molecule has 4 aromatic rings. The molecular formula is C21H15N3V. The van der Waals surface area contributed by atoms with Crippen LogP contribution in [0.15, 0.2) is 91.0 Å². The zero-order valence-electron chi connectivity index (χ0n) is 13.4. The van der Waals surface area contributed by atoms with Crippen molar-refractivity contribution in [2.75, 3.05) is 0 Å². The molecule has 0 N–H and O–H groups in total. The standard InChI is InChI=1S/C21H15N3.V/c1-4-10-16(11-5-1)19-22-20(17-12-6-2-7-13-17)24-21(23-19)18-14-8-3-9-15-18;/h1-15H;. The first kappa shape index (κ1) is 17.1. The van der Waals surface area contributed by atoms with Crippen molar-refractivity contribution in [3.05, 3.63) is 91.0 Å². The Kier molecular flexibility index (Phi) is 5.39. The largest absolute Gasteiger partial charge is 0.208 e. The van der Waals surface area contributed by atoms with Crippen molar-refractivity contribution >= 4 is 0 Å². The minimum Gasteiger partial charge on any atom is -0.208 e. The van der Waals surface area contributed by atoms with Crippen LogP contribution in [-0.2, 0) is 18.6 Å². The number of aromatic nitrogens is 3. The molecule has 0 unspecified atom stereocenters. The fraction of sp³-hybridized carbons (Fsp3) is 0. The van der Waals surface area contributed by atoms with Gasteiger partial charge in [0.2, 0.25) is 0 Å². The molecule has 25 heavy (non-hydrogen) atoms. The zero-order valence-corrected chi connectivity index (χ0v) is 14.8. The van der Waals surface area contributed by atoms with Crippen LogP contribution >= 0.6 is 0 Å². The van der Waals surface area contributed by atoms with E-state index in [1.807, 2.05) is 91.0 Å². The smallest absolute Gasteiger partial charge is 0.164 e. The Hall–Kier alpha value is -2.75. The molecule has 1 heterocycles. The molecule has 0 saturated carbocycles. The Balaban J connectivity index is 0.00000182. The molecule has 0 aliphatic rings. The number of hydrogen-bond acceptors (Lipinski definition) is 3. The summed E-state index contributed by atoms with van der Waals surface area (Å²) in [6, 6.07) is 30.0. The summed E-state index contributed by atoms with van der Waals surface area (Å²) in [5.41, 5.74) is 2.94. The molecule has 3 aromatic carbocycles. The Morgan fingerprint density at radius 3 is 0.840 bits per heavy atom. The van der Waals surface area contributed by atoms with Crippen molar-refractivity contribution < 1.29 is 18.6 Å². The average molecular weight is 360 g/mol. The summed E-state index contributed by atoms with van der Waals surface area (Å²) in [4.78, 5) is 14.0. The maximum atomic E-state index is 4.68. The van der Waals surface area contributed by atoms with E-state index in [2.05, 4.69) is 15.0 Å². The van der Waals surface area contributed by atoms with Crippen LogP contribution < -0.4 is 0 Å². The van der Waals surface area contributed by atoms with Gasteiger partial charge in [-0.15, -0.1) is 0 Å². The van der Waals surface area contributed by atoms with Gasteiger partial charge in [0.05, 0.1) is 0 Å². The zero-order chi connectivity index (χ0) is 16.2. The normalized spacial score (nSPS) is 10.1. The molecule has 0 atom stereocenters. The minimum atomic E-state index is 0. The molecular weight excluding hydrogens is 345 g/mol. The second-order valence-electron chi connectivity index (χ2n) is 5.40. The first-order chi connectivity index (χ1) is 11.9. The van der Waals surface area contributed by atoms with E-state index >= 15 is 0 Å². The first-order valence-corrected chi connectivity index (χ1v) is 7.82. The van der Waals surface area contributed by atoms with Crippen LogP contribution in [0.3, 0.4) is 0 Å². The summed E-state index contributed by atoms with van der Waals surface area (Å²) in [6.07, 6.45) is 0. The molecule has 0 aliphatic heterocycles. The van der Waals surface area contributed by atoms with Crippen LogP contribution in [0, 0.1) is 0 Å². The third-order valence-corrected chi connectivity index (χ3v) is 3.73. The van der Waals surface area contributed by atoms with Crippen molar-refractivity contribution in [3.63, 3.8) is 0 Å². The van der Waals surface area contributed by atoms with Crippen molar-refractivity contribution in [1.29, 1.82) is 0 Å². The van der Waals surface area contributed by atoms with Crippen LogP contribution in [0.2, 0.25) is 0 Å². The van der Waals surface area contributed by atoms with Crippen molar-refractivity contribution in [1.82, 2.24) is 15.0 Å². The van der Waals surface area contributed by atoms with Crippen molar-refractivity contribution in [2.24, 2.45) is 0 Å². The molecule has 1 radical (unpaired) electrons. The summed E-state index contributed by atoms with van der Waals surface area (Å²) in [5, 5.41) is 0. The van der Waals surface area contributed by atoms with E-state index < -0.39 is 0 Å². The Morgan fingerprint density at radius 1 is 0.360 bits per heavy atom. The molecule has 0 amide bonds. The van der Waals surface area contributed by atoms with Gasteiger partial charge in [0.1, 0.15) is 0 Å². The van der Waals surface area contributed by atoms with Crippen molar-refractivity contribution in [3.8, 4) is 34.2 Å². The van der Waals surface area contributed by atoms with E-state index in [4.69, 9.17) is 0 Å². The maximum Gasteiger partial charge on any atom is 0.164 e. The molecule has 4 rings (SSSR count). The Morgan fingerprint density at radius 2 is 0.600 bits per heavy atom. The van der Waals surface area contributed by atoms with Gasteiger partial charge >= 0.3 is 0 Å². The van der Waals surface area contributed by atoms with Gasteiger partial charge in [0.25, 0.3) is 0 Å². The topological polar surface area (TPSA) is 38.7 Å². The number of hydrogen-bond donors (Lipinski definition) is 0. The average Bonchev–Trinajstić information content (AvgIpc) is 2.70. The van der Waals surface area contributed by atoms with E-state index in [1.165, 1.54) is 0 Å². The molecule has 119 valence electrons. The van der Waals surface area contributed by atoms with Gasteiger partial charge < -0.3 is 0 Å². The van der Waals surface area contributed by atoms with Gasteiger partial charge in [0.15, 0.2) is 17.5 Å². The van der Waals surface area contributed by atoms with Crippen LogP contribution in [0.5, 0.6) is 0 Å². The Labute approximate surface area is 158 Å². The SMILES string of the molecule is [V].c1ccc(-c2nc(-c3ccccc3)nc(-c3ccccc3)n2)cc1. The van der Waals surface area contributed by atoms with Crippen LogP contribution in [0.25, 0.3) is 34.2 Å². The number of benzene rings is 3. The van der Waals surface area contributed by atoms with Crippen LogP contribution in [0.4, 0.5) is 0 Å². The minimum absolute atomic E-state index is 0. The fourth-order valence-electron chi connectivity index (χ4n) is 2.52. The fourth-order valence-corrected chi connectivity index (χ4v) is 2.52. The molecule has 0 aliphatic carbocycles. The quantitative estimate of drug-likeness (QED) is 0.523. The summed E-state index contributed by atoms with van der Waals surface area (Å²) in [6.45, 7) is 0. The van der Waals surface area contributed by atoms with Crippen LogP contribution in [-0.4, -0.2) is 15.0 Å². The molecule has 0 bridgehead atoms. The van der Waals surface area contributed by atoms with Crippen LogP contribution in [0.1, 0.15) is 0 Å². The monoisotopic (exact) mass is 360 g/mol. The van der Waals surface area contributed by atoms with Gasteiger partial charge in [-0.2, -0.15) is 0 Å². The van der Waals surface area contributed by atoms with E-state index in [-0.39, 0.29) is 18.6 Å². The van der Waals surface area contributed by atoms with Gasteiger partial charge in [0, 0.05) is 35.2 Å². The van der Waals surface area contributed by atoms with Gasteiger partial charge in [-0.25, -0.2) is 15.0 Å². The van der Waals surface area contributed by atoms with E-state index in [1.54, 1.807) is 0 Å². The molecule has 3 nitrogen and oxygen atoms in total. The molecule has 1 aromatic heterocycles. The second-order valence-corrected chi connectivity index (χ2v) is 5.40. The van der Waals surface area contributed by atoms with Gasteiger partial charge in [-0.3, -0.25) is 0 Å². The Bertz CT molecular complexity index is 803. The summed E-state index contributed by atoms with van der Waals surface area (Å²) < 4.78 is 0. The first-order valence-electron chi connectivity index (χ1n) is 7.82. The number of rotatable bonds is 3. The molecule has 0 saturated heterocycles. The predicted molar refractivity (Wildman–Crippen MR) is 96.1 cm³/mol. The second kappa shape index (κ2) is 7.88. The van der Waals surface area contributed by atoms with Gasteiger partial charge in [-0.1, -0.05) is 91.0 Å². The summed E-state index contributed by atoms with van der Waals surface area (Å²) in [7, 11) is 0. The van der Waals surface area contributed by atoms with E-state index in [0.29, 0.717) is 17.5 Å². The molecule has 0 fully saturated rings. The number of nitrogens with zero attached hydrogens (tertiary/aromatic N) is 3. The van der Waals surface area contributed by atoms with Gasteiger partial charge in [-0.05, 0) is 0 Å². The summed E-state index contributed by atoms with van der Waals surface area (Å²) >= 11 is 0. The third-order valence-electron chi connectivity index (χ3n) is 3.73.